The molecule has 1 aliphatic heterocycles. The third kappa shape index (κ3) is 4.13. The van der Waals surface area contributed by atoms with E-state index in [1.165, 1.54) is 5.69 Å². The summed E-state index contributed by atoms with van der Waals surface area (Å²) in [4.78, 5) is 18.1. The van der Waals surface area contributed by atoms with Gasteiger partial charge in [-0.25, -0.2) is 0 Å². The number of hydrogen-bond acceptors (Lipinski definition) is 4. The summed E-state index contributed by atoms with van der Waals surface area (Å²) in [6.45, 7) is 6.71. The number of piperidine rings is 1. The molecular formula is C18H24N4O2. The maximum atomic E-state index is 12.3. The molecule has 0 atom stereocenters. The third-order valence-corrected chi connectivity index (χ3v) is 4.50. The fourth-order valence-corrected chi connectivity index (χ4v) is 3.14. The van der Waals surface area contributed by atoms with E-state index in [0.29, 0.717) is 11.7 Å². The van der Waals surface area contributed by atoms with E-state index in [1.54, 1.807) is 24.5 Å². The van der Waals surface area contributed by atoms with E-state index in [-0.39, 0.29) is 12.5 Å². The van der Waals surface area contributed by atoms with Crippen molar-refractivity contribution in [3.05, 3.63) is 42.0 Å². The minimum Gasteiger partial charge on any atom is -0.482 e. The van der Waals surface area contributed by atoms with Crippen molar-refractivity contribution in [3.63, 3.8) is 0 Å². The number of rotatable bonds is 5. The summed E-state index contributed by atoms with van der Waals surface area (Å²) in [7, 11) is 0. The normalized spacial score (nSPS) is 15.5. The van der Waals surface area contributed by atoms with E-state index >= 15 is 0 Å². The minimum atomic E-state index is 0.0448. The van der Waals surface area contributed by atoms with Crippen LogP contribution in [0.3, 0.4) is 0 Å². The molecule has 1 fully saturated rings. The van der Waals surface area contributed by atoms with Crippen LogP contribution in [0, 0.1) is 19.8 Å². The van der Waals surface area contributed by atoms with Crippen molar-refractivity contribution in [2.24, 2.45) is 5.92 Å². The molecule has 1 amide bonds. The lowest BCUT2D eigenvalue weighted by Crippen LogP contribution is -2.41. The van der Waals surface area contributed by atoms with Crippen molar-refractivity contribution in [2.75, 3.05) is 19.7 Å². The average Bonchev–Trinajstić information content (AvgIpc) is 2.91. The van der Waals surface area contributed by atoms with Gasteiger partial charge in [-0.2, -0.15) is 5.10 Å². The molecule has 0 bridgehead atoms. The first kappa shape index (κ1) is 16.5. The maximum absolute atomic E-state index is 12.3. The quantitative estimate of drug-likeness (QED) is 0.844. The molecule has 0 spiro atoms. The van der Waals surface area contributed by atoms with Gasteiger partial charge in [0.15, 0.2) is 6.61 Å². The molecule has 2 aromatic heterocycles. The van der Waals surface area contributed by atoms with Crippen LogP contribution in [0.15, 0.2) is 30.6 Å². The fraction of sp³-hybridized carbons (Fsp3) is 0.500. The molecule has 1 saturated heterocycles. The number of likely N-dealkylation sites (tertiary alicyclic amines) is 1. The zero-order valence-electron chi connectivity index (χ0n) is 14.3. The first-order valence-corrected chi connectivity index (χ1v) is 8.43. The molecule has 0 saturated carbocycles. The highest BCUT2D eigenvalue weighted by Crippen LogP contribution is 2.20. The number of nitrogens with zero attached hydrogens (tertiary/aromatic N) is 4. The Morgan fingerprint density at radius 2 is 2.12 bits per heavy atom. The van der Waals surface area contributed by atoms with Crippen LogP contribution in [0.5, 0.6) is 5.75 Å². The highest BCUT2D eigenvalue weighted by Gasteiger charge is 2.23. The molecule has 24 heavy (non-hydrogen) atoms. The van der Waals surface area contributed by atoms with Crippen molar-refractivity contribution >= 4 is 5.91 Å². The summed E-state index contributed by atoms with van der Waals surface area (Å²) in [6.07, 6.45) is 5.32. The Balaban J connectivity index is 1.44. The smallest absolute Gasteiger partial charge is 0.260 e. The Morgan fingerprint density at radius 1 is 1.33 bits per heavy atom. The van der Waals surface area contributed by atoms with Crippen LogP contribution in [0.1, 0.15) is 24.2 Å². The van der Waals surface area contributed by atoms with Crippen molar-refractivity contribution in [1.82, 2.24) is 19.7 Å². The van der Waals surface area contributed by atoms with Crippen LogP contribution in [0.25, 0.3) is 0 Å². The van der Waals surface area contributed by atoms with Crippen LogP contribution < -0.4 is 4.74 Å². The lowest BCUT2D eigenvalue weighted by atomic mass is 9.97. The summed E-state index contributed by atoms with van der Waals surface area (Å²) >= 11 is 0. The van der Waals surface area contributed by atoms with Gasteiger partial charge in [0.05, 0.1) is 11.9 Å². The topological polar surface area (TPSA) is 60.2 Å². The largest absolute Gasteiger partial charge is 0.482 e. The molecule has 0 aliphatic carbocycles. The monoisotopic (exact) mass is 328 g/mol. The molecule has 6 heteroatoms. The van der Waals surface area contributed by atoms with Crippen molar-refractivity contribution in [3.8, 4) is 5.75 Å². The Hall–Kier alpha value is -2.37. The third-order valence-electron chi connectivity index (χ3n) is 4.50. The number of pyridine rings is 1. The van der Waals surface area contributed by atoms with Crippen LogP contribution in [-0.2, 0) is 11.3 Å². The van der Waals surface area contributed by atoms with Gasteiger partial charge in [0.1, 0.15) is 5.75 Å². The molecule has 0 aromatic carbocycles. The highest BCUT2D eigenvalue weighted by atomic mass is 16.5. The molecule has 3 rings (SSSR count). The lowest BCUT2D eigenvalue weighted by Gasteiger charge is -2.32. The Labute approximate surface area is 142 Å². The SMILES string of the molecule is Cc1cc(C)n(CC2CCN(C(=O)COc3cccnc3)CC2)n1. The van der Waals surface area contributed by atoms with Gasteiger partial charge in [0.2, 0.25) is 0 Å². The fourth-order valence-electron chi connectivity index (χ4n) is 3.14. The first-order chi connectivity index (χ1) is 11.6. The molecule has 3 heterocycles. The molecule has 0 unspecified atom stereocenters. The number of amides is 1. The van der Waals surface area contributed by atoms with E-state index < -0.39 is 0 Å². The standard InChI is InChI=1S/C18H24N4O2/c1-14-10-15(2)22(20-14)12-16-5-8-21(9-6-16)18(23)13-24-17-4-3-7-19-11-17/h3-4,7,10-11,16H,5-6,8-9,12-13H2,1-2H3. The van der Waals surface area contributed by atoms with Gasteiger partial charge in [-0.15, -0.1) is 0 Å². The lowest BCUT2D eigenvalue weighted by molar-refractivity contribution is -0.134. The van der Waals surface area contributed by atoms with Crippen LogP contribution in [-0.4, -0.2) is 45.3 Å². The van der Waals surface area contributed by atoms with Gasteiger partial charge >= 0.3 is 0 Å². The number of ether oxygens (including phenoxy) is 1. The van der Waals surface area contributed by atoms with Crippen LogP contribution in [0.4, 0.5) is 0 Å². The second-order valence-electron chi connectivity index (χ2n) is 6.41. The predicted molar refractivity (Wildman–Crippen MR) is 90.7 cm³/mol. The molecule has 0 radical (unpaired) electrons. The molecule has 0 N–H and O–H groups in total. The molecule has 2 aromatic rings. The van der Waals surface area contributed by atoms with Crippen molar-refractivity contribution < 1.29 is 9.53 Å². The average molecular weight is 328 g/mol. The summed E-state index contributed by atoms with van der Waals surface area (Å²) in [5.41, 5.74) is 2.27. The van der Waals surface area contributed by atoms with Gasteiger partial charge < -0.3 is 9.64 Å². The number of aryl methyl sites for hydroxylation is 2. The van der Waals surface area contributed by atoms with Crippen molar-refractivity contribution in [1.29, 1.82) is 0 Å². The second-order valence-corrected chi connectivity index (χ2v) is 6.41. The zero-order valence-corrected chi connectivity index (χ0v) is 14.3. The van der Waals surface area contributed by atoms with Gasteiger partial charge in [0, 0.05) is 31.5 Å². The summed E-state index contributed by atoms with van der Waals surface area (Å²) < 4.78 is 7.58. The number of aromatic nitrogens is 3. The van der Waals surface area contributed by atoms with Crippen LogP contribution >= 0.6 is 0 Å². The molecular weight excluding hydrogens is 304 g/mol. The maximum Gasteiger partial charge on any atom is 0.260 e. The van der Waals surface area contributed by atoms with E-state index in [1.807, 2.05) is 11.8 Å². The summed E-state index contributed by atoms with van der Waals surface area (Å²) in [5, 5.41) is 4.53. The molecule has 128 valence electrons. The van der Waals surface area contributed by atoms with Gasteiger partial charge in [-0.05, 0) is 50.8 Å². The van der Waals surface area contributed by atoms with Crippen molar-refractivity contribution in [2.45, 2.75) is 33.2 Å². The molecule has 1 aliphatic rings. The number of hydrogen-bond donors (Lipinski definition) is 0. The first-order valence-electron chi connectivity index (χ1n) is 8.43. The van der Waals surface area contributed by atoms with E-state index in [4.69, 9.17) is 4.74 Å². The summed E-state index contributed by atoms with van der Waals surface area (Å²) in [5.74, 6) is 1.25. The summed E-state index contributed by atoms with van der Waals surface area (Å²) in [6, 6.07) is 5.71. The van der Waals surface area contributed by atoms with E-state index in [2.05, 4.69) is 27.8 Å². The minimum absolute atomic E-state index is 0.0448. The van der Waals surface area contributed by atoms with Gasteiger partial charge in [-0.1, -0.05) is 0 Å². The Bertz CT molecular complexity index is 676. The Kier molecular flexibility index (Phi) is 5.13. The molecule has 6 nitrogen and oxygen atoms in total. The number of carbonyl (C=O) groups excluding carboxylic acids is 1. The number of carbonyl (C=O) groups is 1. The van der Waals surface area contributed by atoms with Gasteiger partial charge in [-0.3, -0.25) is 14.5 Å². The van der Waals surface area contributed by atoms with E-state index in [9.17, 15) is 4.79 Å². The Morgan fingerprint density at radius 3 is 2.75 bits per heavy atom. The van der Waals surface area contributed by atoms with E-state index in [0.717, 1.165) is 38.2 Å². The highest BCUT2D eigenvalue weighted by molar-refractivity contribution is 5.77. The second kappa shape index (κ2) is 7.47. The zero-order chi connectivity index (χ0) is 16.9. The predicted octanol–water partition coefficient (Wildman–Crippen LogP) is 2.21. The van der Waals surface area contributed by atoms with Crippen LogP contribution in [0.2, 0.25) is 0 Å². The van der Waals surface area contributed by atoms with Gasteiger partial charge in [0.25, 0.3) is 5.91 Å².